The number of primary sulfonamides is 1. The Kier molecular flexibility index (Phi) is 3.35. The van der Waals surface area contributed by atoms with Gasteiger partial charge in [-0.15, -0.1) is 0 Å². The highest BCUT2D eigenvalue weighted by molar-refractivity contribution is 7.89. The number of nitrogens with one attached hydrogen (secondary N) is 1. The Bertz CT molecular complexity index is 649. The van der Waals surface area contributed by atoms with E-state index in [4.69, 9.17) is 9.56 Å². The van der Waals surface area contributed by atoms with Crippen molar-refractivity contribution < 1.29 is 12.8 Å². The van der Waals surface area contributed by atoms with E-state index in [-0.39, 0.29) is 5.09 Å². The van der Waals surface area contributed by atoms with Gasteiger partial charge in [0.05, 0.1) is 12.2 Å². The van der Waals surface area contributed by atoms with Crippen molar-refractivity contribution in [3.05, 3.63) is 41.9 Å². The predicted molar refractivity (Wildman–Crippen MR) is 66.4 cm³/mol. The summed E-state index contributed by atoms with van der Waals surface area (Å²) < 4.78 is 27.1. The minimum atomic E-state index is -3.78. The largest absolute Gasteiger partial charge is 0.446 e. The van der Waals surface area contributed by atoms with Crippen LogP contribution in [0, 0.1) is 6.92 Å². The van der Waals surface area contributed by atoms with Crippen molar-refractivity contribution in [2.75, 3.05) is 5.32 Å². The van der Waals surface area contributed by atoms with Crippen LogP contribution in [0.25, 0.3) is 0 Å². The van der Waals surface area contributed by atoms with E-state index in [1.165, 1.54) is 6.07 Å². The van der Waals surface area contributed by atoms with Gasteiger partial charge in [0.15, 0.2) is 0 Å². The molecule has 2 aromatic heterocycles. The zero-order valence-corrected chi connectivity index (χ0v) is 10.6. The van der Waals surface area contributed by atoms with Crippen molar-refractivity contribution in [2.45, 2.75) is 18.6 Å². The first-order chi connectivity index (χ1) is 8.45. The Hall–Kier alpha value is -1.86. The molecule has 0 fully saturated rings. The molecule has 18 heavy (non-hydrogen) atoms. The van der Waals surface area contributed by atoms with Crippen LogP contribution >= 0.6 is 0 Å². The van der Waals surface area contributed by atoms with Gasteiger partial charge in [-0.1, -0.05) is 0 Å². The molecular weight excluding hydrogens is 254 g/mol. The fourth-order valence-electron chi connectivity index (χ4n) is 1.45. The highest BCUT2D eigenvalue weighted by Crippen LogP contribution is 2.14. The summed E-state index contributed by atoms with van der Waals surface area (Å²) in [6.07, 6.45) is 3.42. The lowest BCUT2D eigenvalue weighted by Crippen LogP contribution is -2.10. The van der Waals surface area contributed by atoms with Crippen molar-refractivity contribution in [1.29, 1.82) is 0 Å². The van der Waals surface area contributed by atoms with E-state index in [1.807, 2.05) is 13.0 Å². The Balaban J connectivity index is 2.05. The van der Waals surface area contributed by atoms with Crippen LogP contribution in [-0.4, -0.2) is 13.4 Å². The normalized spacial score (nSPS) is 11.4. The van der Waals surface area contributed by atoms with Gasteiger partial charge < -0.3 is 9.73 Å². The van der Waals surface area contributed by atoms with E-state index in [9.17, 15) is 8.42 Å². The van der Waals surface area contributed by atoms with Gasteiger partial charge in [0.2, 0.25) is 5.09 Å². The van der Waals surface area contributed by atoms with Crippen LogP contribution in [0.5, 0.6) is 0 Å². The van der Waals surface area contributed by atoms with E-state index in [2.05, 4.69) is 10.3 Å². The molecule has 6 nitrogen and oxygen atoms in total. The molecule has 0 atom stereocenters. The van der Waals surface area contributed by atoms with Gasteiger partial charge in [0, 0.05) is 12.4 Å². The molecular formula is C11H13N3O3S. The second-order valence-corrected chi connectivity index (χ2v) is 5.36. The van der Waals surface area contributed by atoms with Crippen LogP contribution in [0.4, 0.5) is 5.69 Å². The lowest BCUT2D eigenvalue weighted by Gasteiger charge is -2.04. The van der Waals surface area contributed by atoms with Gasteiger partial charge in [0.25, 0.3) is 10.0 Å². The summed E-state index contributed by atoms with van der Waals surface area (Å²) in [4.78, 5) is 4.03. The molecule has 0 saturated heterocycles. The topological polar surface area (TPSA) is 98.2 Å². The molecule has 0 spiro atoms. The lowest BCUT2D eigenvalue weighted by molar-refractivity contribution is 0.419. The van der Waals surface area contributed by atoms with E-state index < -0.39 is 10.0 Å². The quantitative estimate of drug-likeness (QED) is 0.868. The van der Waals surface area contributed by atoms with Gasteiger partial charge in [-0.3, -0.25) is 4.98 Å². The van der Waals surface area contributed by atoms with E-state index >= 15 is 0 Å². The number of sulfonamides is 1. The third kappa shape index (κ3) is 3.08. The van der Waals surface area contributed by atoms with Crippen molar-refractivity contribution in [3.8, 4) is 0 Å². The number of aryl methyl sites for hydroxylation is 1. The number of pyridine rings is 1. The summed E-state index contributed by atoms with van der Waals surface area (Å²) in [5.41, 5.74) is 1.87. The highest BCUT2D eigenvalue weighted by atomic mass is 32.2. The fraction of sp³-hybridized carbons (Fsp3) is 0.182. The SMILES string of the molecule is Cc1cncc(NCc2ccc(S(N)(=O)=O)o2)c1. The average Bonchev–Trinajstić information content (AvgIpc) is 2.74. The van der Waals surface area contributed by atoms with Crippen LogP contribution < -0.4 is 10.5 Å². The molecule has 0 aliphatic carbocycles. The maximum Gasteiger partial charge on any atom is 0.271 e. The first-order valence-electron chi connectivity index (χ1n) is 5.22. The molecule has 0 aliphatic rings. The number of rotatable bonds is 4. The highest BCUT2D eigenvalue weighted by Gasteiger charge is 2.12. The number of hydrogen-bond acceptors (Lipinski definition) is 5. The third-order valence-corrected chi connectivity index (χ3v) is 3.04. The zero-order valence-electron chi connectivity index (χ0n) is 9.75. The first-order valence-corrected chi connectivity index (χ1v) is 6.77. The zero-order chi connectivity index (χ0) is 13.2. The van der Waals surface area contributed by atoms with Crippen molar-refractivity contribution in [3.63, 3.8) is 0 Å². The molecule has 0 aromatic carbocycles. The standard InChI is InChI=1S/C11H13N3O3S/c1-8-4-9(6-13-5-8)14-7-10-2-3-11(17-10)18(12,15)16/h2-6,14H,7H2,1H3,(H2,12,15,16). The van der Waals surface area contributed by atoms with Gasteiger partial charge in [-0.2, -0.15) is 0 Å². The summed E-state index contributed by atoms with van der Waals surface area (Å²) in [6.45, 7) is 2.30. The maximum atomic E-state index is 11.0. The molecule has 96 valence electrons. The minimum Gasteiger partial charge on any atom is -0.446 e. The van der Waals surface area contributed by atoms with Crippen molar-refractivity contribution >= 4 is 15.7 Å². The molecule has 0 radical (unpaired) electrons. The van der Waals surface area contributed by atoms with E-state index in [0.29, 0.717) is 12.3 Å². The minimum absolute atomic E-state index is 0.235. The Morgan fingerprint density at radius 2 is 2.17 bits per heavy atom. The van der Waals surface area contributed by atoms with Gasteiger partial charge in [-0.25, -0.2) is 13.6 Å². The molecule has 0 saturated carbocycles. The van der Waals surface area contributed by atoms with Crippen LogP contribution in [0.3, 0.4) is 0 Å². The van der Waals surface area contributed by atoms with Gasteiger partial charge in [0.1, 0.15) is 5.76 Å². The van der Waals surface area contributed by atoms with Crippen molar-refractivity contribution in [1.82, 2.24) is 4.98 Å². The molecule has 2 rings (SSSR count). The summed E-state index contributed by atoms with van der Waals surface area (Å²) in [6, 6.07) is 4.83. The van der Waals surface area contributed by atoms with Crippen molar-refractivity contribution in [2.24, 2.45) is 5.14 Å². The molecule has 2 heterocycles. The Morgan fingerprint density at radius 1 is 1.39 bits per heavy atom. The molecule has 7 heteroatoms. The van der Waals surface area contributed by atoms with Crippen LogP contribution in [0.1, 0.15) is 11.3 Å². The smallest absolute Gasteiger partial charge is 0.271 e. The molecule has 3 N–H and O–H groups in total. The van der Waals surface area contributed by atoms with E-state index in [1.54, 1.807) is 18.5 Å². The average molecular weight is 267 g/mol. The summed E-state index contributed by atoms with van der Waals surface area (Å²) in [5.74, 6) is 0.487. The van der Waals surface area contributed by atoms with Crippen LogP contribution in [0.2, 0.25) is 0 Å². The lowest BCUT2D eigenvalue weighted by atomic mass is 10.3. The number of nitrogens with two attached hydrogens (primary N) is 1. The third-order valence-electron chi connectivity index (χ3n) is 2.26. The number of hydrogen-bond donors (Lipinski definition) is 2. The van der Waals surface area contributed by atoms with Crippen LogP contribution in [0.15, 0.2) is 40.1 Å². The number of aromatic nitrogens is 1. The molecule has 0 amide bonds. The number of furan rings is 1. The Morgan fingerprint density at radius 3 is 2.78 bits per heavy atom. The Labute approximate surface area is 105 Å². The van der Waals surface area contributed by atoms with Gasteiger partial charge >= 0.3 is 0 Å². The monoisotopic (exact) mass is 267 g/mol. The molecule has 0 unspecified atom stereocenters. The summed E-state index contributed by atoms with van der Waals surface area (Å²) in [5, 5.41) is 7.79. The summed E-state index contributed by atoms with van der Waals surface area (Å²) >= 11 is 0. The van der Waals surface area contributed by atoms with Gasteiger partial charge in [-0.05, 0) is 30.7 Å². The molecule has 0 bridgehead atoms. The second-order valence-electron chi connectivity index (χ2n) is 3.87. The fourth-order valence-corrected chi connectivity index (χ4v) is 1.93. The summed E-state index contributed by atoms with van der Waals surface area (Å²) in [7, 11) is -3.78. The maximum absolute atomic E-state index is 11.0. The second kappa shape index (κ2) is 4.79. The van der Waals surface area contributed by atoms with Crippen LogP contribution in [-0.2, 0) is 16.6 Å². The van der Waals surface area contributed by atoms with E-state index in [0.717, 1.165) is 11.3 Å². The number of anilines is 1. The molecule has 0 aliphatic heterocycles. The molecule has 2 aromatic rings. The predicted octanol–water partition coefficient (Wildman–Crippen LogP) is 1.24. The number of nitrogens with zero attached hydrogens (tertiary/aromatic N) is 1. The first kappa shape index (κ1) is 12.6.